The number of carbonyl (C=O) groups excluding carboxylic acids is 2. The van der Waals surface area contributed by atoms with Crippen molar-refractivity contribution in [2.75, 3.05) is 6.54 Å². The van der Waals surface area contributed by atoms with Crippen LogP contribution < -0.4 is 0 Å². The van der Waals surface area contributed by atoms with E-state index in [-0.39, 0.29) is 18.2 Å². The highest BCUT2D eigenvalue weighted by Crippen LogP contribution is 2.39. The van der Waals surface area contributed by atoms with E-state index in [2.05, 4.69) is 5.10 Å². The lowest BCUT2D eigenvalue weighted by Crippen LogP contribution is -2.40. The molecule has 0 bridgehead atoms. The summed E-state index contributed by atoms with van der Waals surface area (Å²) in [6.07, 6.45) is 7.12. The third kappa shape index (κ3) is 3.28. The van der Waals surface area contributed by atoms with Crippen molar-refractivity contribution in [2.24, 2.45) is 16.4 Å². The maximum Gasteiger partial charge on any atom is 0.254 e. The van der Waals surface area contributed by atoms with Crippen LogP contribution >= 0.6 is 0 Å². The Hall–Kier alpha value is -1.97. The lowest BCUT2D eigenvalue weighted by atomic mass is 9.73. The van der Waals surface area contributed by atoms with E-state index in [0.717, 1.165) is 12.1 Å². The van der Waals surface area contributed by atoms with Gasteiger partial charge in [-0.3, -0.25) is 9.59 Å². The van der Waals surface area contributed by atoms with Gasteiger partial charge in [-0.2, -0.15) is 5.10 Å². The van der Waals surface area contributed by atoms with Crippen LogP contribution in [0.3, 0.4) is 0 Å². The molecule has 1 fully saturated rings. The Kier molecular flexibility index (Phi) is 4.83. The molecule has 4 nitrogen and oxygen atoms in total. The molecule has 1 saturated carbocycles. The number of benzene rings is 1. The van der Waals surface area contributed by atoms with Crippen LogP contribution in [0, 0.1) is 11.3 Å². The van der Waals surface area contributed by atoms with Crippen molar-refractivity contribution in [2.45, 2.75) is 52.4 Å². The number of nitrogens with zero attached hydrogens (tertiary/aromatic N) is 2. The first-order valence-electron chi connectivity index (χ1n) is 8.96. The van der Waals surface area contributed by atoms with Gasteiger partial charge in [-0.1, -0.05) is 62.4 Å². The molecule has 1 unspecified atom stereocenters. The van der Waals surface area contributed by atoms with Crippen LogP contribution in [0.1, 0.15) is 62.7 Å². The molecular weight excluding hydrogens is 300 g/mol. The average molecular weight is 326 g/mol. The number of hydrogen-bond donors (Lipinski definition) is 0. The maximum atomic E-state index is 12.9. The number of Topliss-reactive ketones (excluding diaryl/α,β-unsaturated/α-hetero) is 1. The van der Waals surface area contributed by atoms with Gasteiger partial charge in [0.2, 0.25) is 0 Å². The minimum atomic E-state index is -0.543. The minimum Gasteiger partial charge on any atom is -0.292 e. The average Bonchev–Trinajstić information content (AvgIpc) is 2.80. The van der Waals surface area contributed by atoms with Crippen molar-refractivity contribution in [1.29, 1.82) is 0 Å². The first kappa shape index (κ1) is 16.9. The molecule has 0 N–H and O–H groups in total. The zero-order valence-corrected chi connectivity index (χ0v) is 14.6. The first-order valence-corrected chi connectivity index (χ1v) is 8.96. The smallest absolute Gasteiger partial charge is 0.254 e. The van der Waals surface area contributed by atoms with E-state index in [0.29, 0.717) is 11.5 Å². The van der Waals surface area contributed by atoms with Gasteiger partial charge in [0.15, 0.2) is 5.78 Å². The Balaban J connectivity index is 1.69. The molecule has 2 aliphatic rings. The zero-order valence-electron chi connectivity index (χ0n) is 14.6. The highest BCUT2D eigenvalue weighted by Gasteiger charge is 2.46. The number of carbonyl (C=O) groups is 2. The zero-order chi connectivity index (χ0) is 17.2. The lowest BCUT2D eigenvalue weighted by molar-refractivity contribution is -0.135. The summed E-state index contributed by atoms with van der Waals surface area (Å²) in [4.78, 5) is 25.3. The summed E-state index contributed by atoms with van der Waals surface area (Å²) >= 11 is 0. The van der Waals surface area contributed by atoms with Crippen LogP contribution in [0.4, 0.5) is 0 Å². The van der Waals surface area contributed by atoms with Crippen LogP contribution in [0.15, 0.2) is 35.4 Å². The van der Waals surface area contributed by atoms with E-state index in [4.69, 9.17) is 0 Å². The fourth-order valence-corrected chi connectivity index (χ4v) is 3.94. The molecule has 128 valence electrons. The molecule has 1 atom stereocenters. The molecular formula is C20H26N2O2. The SMILES string of the molecule is CC1=NN(CC(=O)c2ccccc2)C(=O)C1(C)CC1CCCCC1. The van der Waals surface area contributed by atoms with Crippen molar-refractivity contribution in [3.8, 4) is 0 Å². The molecule has 3 rings (SSSR count). The number of amides is 1. The largest absolute Gasteiger partial charge is 0.292 e. The van der Waals surface area contributed by atoms with Gasteiger partial charge in [0.25, 0.3) is 5.91 Å². The summed E-state index contributed by atoms with van der Waals surface area (Å²) in [5.74, 6) is 0.514. The van der Waals surface area contributed by atoms with E-state index in [1.54, 1.807) is 12.1 Å². The van der Waals surface area contributed by atoms with Gasteiger partial charge in [-0.15, -0.1) is 0 Å². The fraction of sp³-hybridized carbons (Fsp3) is 0.550. The predicted octanol–water partition coefficient (Wildman–Crippen LogP) is 4.06. The summed E-state index contributed by atoms with van der Waals surface area (Å²) in [6, 6.07) is 9.10. The number of ketones is 1. The molecule has 1 heterocycles. The van der Waals surface area contributed by atoms with Gasteiger partial charge in [-0.05, 0) is 26.2 Å². The van der Waals surface area contributed by atoms with Crippen molar-refractivity contribution >= 4 is 17.4 Å². The Morgan fingerprint density at radius 2 is 1.88 bits per heavy atom. The van der Waals surface area contributed by atoms with Gasteiger partial charge in [0, 0.05) is 5.56 Å². The third-order valence-electron chi connectivity index (χ3n) is 5.59. The molecule has 0 radical (unpaired) electrons. The van der Waals surface area contributed by atoms with Gasteiger partial charge in [0.1, 0.15) is 6.54 Å². The maximum absolute atomic E-state index is 12.9. The molecule has 1 amide bonds. The normalized spacial score (nSPS) is 25.0. The second-order valence-corrected chi connectivity index (χ2v) is 7.38. The highest BCUT2D eigenvalue weighted by molar-refractivity contribution is 6.12. The molecule has 4 heteroatoms. The van der Waals surface area contributed by atoms with Crippen molar-refractivity contribution in [1.82, 2.24) is 5.01 Å². The van der Waals surface area contributed by atoms with Crippen LogP contribution in [0.25, 0.3) is 0 Å². The lowest BCUT2D eigenvalue weighted by Gasteiger charge is -2.30. The number of hydrogen-bond acceptors (Lipinski definition) is 3. The van der Waals surface area contributed by atoms with E-state index < -0.39 is 5.41 Å². The first-order chi connectivity index (χ1) is 11.5. The second-order valence-electron chi connectivity index (χ2n) is 7.38. The predicted molar refractivity (Wildman–Crippen MR) is 94.9 cm³/mol. The minimum absolute atomic E-state index is 0.0187. The second kappa shape index (κ2) is 6.88. The Morgan fingerprint density at radius 3 is 2.54 bits per heavy atom. The Bertz CT molecular complexity index is 647. The third-order valence-corrected chi connectivity index (χ3v) is 5.59. The van der Waals surface area contributed by atoms with E-state index >= 15 is 0 Å². The standard InChI is InChI=1S/C20H26N2O2/c1-15-20(2,13-16-9-5-3-6-10-16)19(24)22(21-15)14-18(23)17-11-7-4-8-12-17/h4,7-8,11-12,16H,3,5-6,9-10,13-14H2,1-2H3. The van der Waals surface area contributed by atoms with Gasteiger partial charge >= 0.3 is 0 Å². The van der Waals surface area contributed by atoms with Crippen LogP contribution in [-0.4, -0.2) is 29.0 Å². The number of rotatable bonds is 5. The summed E-state index contributed by atoms with van der Waals surface area (Å²) in [5, 5.41) is 5.82. The van der Waals surface area contributed by atoms with Crippen molar-refractivity contribution in [3.63, 3.8) is 0 Å². The van der Waals surface area contributed by atoms with Gasteiger partial charge < -0.3 is 0 Å². The van der Waals surface area contributed by atoms with E-state index in [9.17, 15) is 9.59 Å². The molecule has 1 aromatic carbocycles. The molecule has 0 aromatic heterocycles. The monoisotopic (exact) mass is 326 g/mol. The van der Waals surface area contributed by atoms with E-state index in [1.165, 1.54) is 37.1 Å². The molecule has 0 saturated heterocycles. The Morgan fingerprint density at radius 1 is 1.21 bits per heavy atom. The Labute approximate surface area is 143 Å². The highest BCUT2D eigenvalue weighted by atomic mass is 16.2. The molecule has 1 aromatic rings. The summed E-state index contributed by atoms with van der Waals surface area (Å²) < 4.78 is 0. The summed E-state index contributed by atoms with van der Waals surface area (Å²) in [6.45, 7) is 3.95. The van der Waals surface area contributed by atoms with Crippen molar-refractivity contribution in [3.05, 3.63) is 35.9 Å². The molecule has 24 heavy (non-hydrogen) atoms. The fourth-order valence-electron chi connectivity index (χ4n) is 3.94. The van der Waals surface area contributed by atoms with Gasteiger partial charge in [-0.25, -0.2) is 5.01 Å². The summed E-state index contributed by atoms with van der Waals surface area (Å²) in [5.41, 5.74) is 0.928. The van der Waals surface area contributed by atoms with Crippen LogP contribution in [0.2, 0.25) is 0 Å². The van der Waals surface area contributed by atoms with E-state index in [1.807, 2.05) is 32.0 Å². The van der Waals surface area contributed by atoms with Crippen LogP contribution in [0.5, 0.6) is 0 Å². The van der Waals surface area contributed by atoms with Gasteiger partial charge in [0.05, 0.1) is 11.1 Å². The number of hydrazone groups is 1. The quantitative estimate of drug-likeness (QED) is 0.766. The molecule has 1 aliphatic carbocycles. The van der Waals surface area contributed by atoms with Crippen LogP contribution in [-0.2, 0) is 4.79 Å². The summed E-state index contributed by atoms with van der Waals surface area (Å²) in [7, 11) is 0. The molecule has 1 aliphatic heterocycles. The molecule has 0 spiro atoms. The topological polar surface area (TPSA) is 49.7 Å². The van der Waals surface area contributed by atoms with Crippen molar-refractivity contribution < 1.29 is 9.59 Å².